The summed E-state index contributed by atoms with van der Waals surface area (Å²) >= 11 is 0. The molecule has 2 fully saturated rings. The first-order chi connectivity index (χ1) is 18.7. The van der Waals surface area contributed by atoms with Gasteiger partial charge < -0.3 is 19.3 Å². The lowest BCUT2D eigenvalue weighted by molar-refractivity contribution is -0.128. The monoisotopic (exact) mass is 515 g/mol. The number of benzene rings is 3. The Morgan fingerprint density at radius 1 is 0.789 bits per heavy atom. The van der Waals surface area contributed by atoms with Crippen LogP contribution >= 0.6 is 0 Å². The fraction of sp³-hybridized carbons (Fsp3) is 0.455. The largest absolute Gasteiger partial charge is 0.393 e. The molecular formula is C33H41NO4. The van der Waals surface area contributed by atoms with Crippen LogP contribution in [0.2, 0.25) is 0 Å². The Hall–Kier alpha value is -2.54. The van der Waals surface area contributed by atoms with Crippen LogP contribution in [0.1, 0.15) is 49.3 Å². The Morgan fingerprint density at radius 2 is 1.34 bits per heavy atom. The predicted octanol–water partition coefficient (Wildman–Crippen LogP) is 5.75. The highest BCUT2D eigenvalue weighted by atomic mass is 16.5. The maximum absolute atomic E-state index is 11.1. The average molecular weight is 516 g/mol. The van der Waals surface area contributed by atoms with Crippen LogP contribution in [-0.4, -0.2) is 53.1 Å². The Kier molecular flexibility index (Phi) is 9.26. The molecule has 38 heavy (non-hydrogen) atoms. The van der Waals surface area contributed by atoms with Gasteiger partial charge in [0, 0.05) is 6.04 Å². The van der Waals surface area contributed by atoms with Gasteiger partial charge in [-0.2, -0.15) is 0 Å². The van der Waals surface area contributed by atoms with Crippen molar-refractivity contribution in [2.24, 2.45) is 0 Å². The Balaban J connectivity index is 1.44. The number of piperidine rings is 1. The summed E-state index contributed by atoms with van der Waals surface area (Å²) in [5.41, 5.74) is 2.97. The van der Waals surface area contributed by atoms with Crippen molar-refractivity contribution in [2.45, 2.75) is 82.3 Å². The third kappa shape index (κ3) is 6.19. The van der Waals surface area contributed by atoms with Gasteiger partial charge in [0.2, 0.25) is 0 Å². The summed E-state index contributed by atoms with van der Waals surface area (Å²) in [7, 11) is 0. The molecule has 202 valence electrons. The van der Waals surface area contributed by atoms with Crippen LogP contribution in [0.15, 0.2) is 91.0 Å². The van der Waals surface area contributed by atoms with Crippen molar-refractivity contribution >= 4 is 0 Å². The predicted molar refractivity (Wildman–Crippen MR) is 150 cm³/mol. The molecule has 0 saturated carbocycles. The normalized spacial score (nSPS) is 27.0. The van der Waals surface area contributed by atoms with Gasteiger partial charge in [0.25, 0.3) is 0 Å². The van der Waals surface area contributed by atoms with Crippen LogP contribution < -0.4 is 0 Å². The molecule has 0 radical (unpaired) electrons. The van der Waals surface area contributed by atoms with Crippen molar-refractivity contribution in [3.63, 3.8) is 0 Å². The first-order valence-corrected chi connectivity index (χ1v) is 14.1. The van der Waals surface area contributed by atoms with E-state index in [0.29, 0.717) is 39.3 Å². The number of hydrogen-bond acceptors (Lipinski definition) is 5. The highest BCUT2D eigenvalue weighted by Gasteiger charge is 2.63. The lowest BCUT2D eigenvalue weighted by atomic mass is 9.85. The fourth-order valence-electron chi connectivity index (χ4n) is 6.28. The van der Waals surface area contributed by atoms with E-state index in [1.165, 1.54) is 0 Å². The number of fused-ring (bicyclic) bond motifs is 2. The zero-order valence-electron chi connectivity index (χ0n) is 22.5. The van der Waals surface area contributed by atoms with Gasteiger partial charge in [0.15, 0.2) is 0 Å². The number of unbranched alkanes of at least 4 members (excludes halogenated alkanes) is 1. The molecule has 2 heterocycles. The Bertz CT molecular complexity index is 1100. The van der Waals surface area contributed by atoms with E-state index in [1.807, 2.05) is 54.6 Å². The van der Waals surface area contributed by atoms with E-state index in [2.05, 4.69) is 48.2 Å². The summed E-state index contributed by atoms with van der Waals surface area (Å²) < 4.78 is 20.0. The zero-order chi connectivity index (χ0) is 26.2. The Morgan fingerprint density at radius 3 is 1.92 bits per heavy atom. The molecule has 1 N–H and O–H groups in total. The number of hydrogen-bond donors (Lipinski definition) is 1. The second-order valence-corrected chi connectivity index (χ2v) is 10.8. The van der Waals surface area contributed by atoms with E-state index in [-0.39, 0.29) is 18.2 Å². The van der Waals surface area contributed by atoms with Crippen LogP contribution in [0.3, 0.4) is 0 Å². The summed E-state index contributed by atoms with van der Waals surface area (Å²) in [5, 5.41) is 11.1. The lowest BCUT2D eigenvalue weighted by Crippen LogP contribution is -2.61. The fourth-order valence-corrected chi connectivity index (χ4v) is 6.28. The first-order valence-electron chi connectivity index (χ1n) is 14.1. The molecular weight excluding hydrogens is 474 g/mol. The number of ether oxygens (including phenoxy) is 3. The van der Waals surface area contributed by atoms with Crippen LogP contribution in [0, 0.1) is 0 Å². The number of aliphatic hydroxyl groups excluding tert-OH is 1. The topological polar surface area (TPSA) is 51.2 Å². The number of nitrogens with zero attached hydrogens (tertiary/aromatic N) is 1. The SMILES string of the molecule is CCCCN1[C@H]2C[C@@H](O)C[C@]1(COCc1ccccc1)[C@H](OCc1ccccc1)[C@H]2OCc1ccccc1. The van der Waals surface area contributed by atoms with Crippen LogP contribution in [0.5, 0.6) is 0 Å². The van der Waals surface area contributed by atoms with Crippen molar-refractivity contribution in [1.29, 1.82) is 0 Å². The van der Waals surface area contributed by atoms with Crippen LogP contribution in [0.4, 0.5) is 0 Å². The van der Waals surface area contributed by atoms with Gasteiger partial charge in [-0.3, -0.25) is 4.90 Å². The summed E-state index contributed by atoms with van der Waals surface area (Å²) in [5.74, 6) is 0. The molecule has 0 spiro atoms. The van der Waals surface area contributed by atoms with Crippen molar-refractivity contribution < 1.29 is 19.3 Å². The minimum atomic E-state index is -0.456. The lowest BCUT2D eigenvalue weighted by Gasteiger charge is -2.47. The van der Waals surface area contributed by atoms with Crippen LogP contribution in [0.25, 0.3) is 0 Å². The van der Waals surface area contributed by atoms with Gasteiger partial charge in [0.05, 0.1) is 38.1 Å². The van der Waals surface area contributed by atoms with E-state index >= 15 is 0 Å². The van der Waals surface area contributed by atoms with Crippen molar-refractivity contribution in [3.05, 3.63) is 108 Å². The molecule has 2 aliphatic rings. The van der Waals surface area contributed by atoms with Crippen LogP contribution in [-0.2, 0) is 34.0 Å². The van der Waals surface area contributed by atoms with Crippen molar-refractivity contribution in [3.8, 4) is 0 Å². The maximum atomic E-state index is 11.1. The molecule has 3 aromatic carbocycles. The highest BCUT2D eigenvalue weighted by molar-refractivity contribution is 5.20. The minimum Gasteiger partial charge on any atom is -0.393 e. The van der Waals surface area contributed by atoms with Gasteiger partial charge in [-0.15, -0.1) is 0 Å². The molecule has 0 aromatic heterocycles. The molecule has 2 bridgehead atoms. The molecule has 0 unspecified atom stereocenters. The first kappa shape index (κ1) is 27.0. The number of aliphatic hydroxyl groups is 1. The van der Waals surface area contributed by atoms with Gasteiger partial charge >= 0.3 is 0 Å². The molecule has 5 nitrogen and oxygen atoms in total. The van der Waals surface area contributed by atoms with Gasteiger partial charge in [-0.1, -0.05) is 104 Å². The second-order valence-electron chi connectivity index (χ2n) is 10.8. The summed E-state index contributed by atoms with van der Waals surface area (Å²) in [4.78, 5) is 2.57. The van der Waals surface area contributed by atoms with E-state index in [4.69, 9.17) is 14.2 Å². The van der Waals surface area contributed by atoms with Crippen molar-refractivity contribution in [2.75, 3.05) is 13.2 Å². The smallest absolute Gasteiger partial charge is 0.106 e. The Labute approximate surface area is 227 Å². The number of rotatable bonds is 13. The molecule has 0 aliphatic carbocycles. The molecule has 5 atom stereocenters. The molecule has 5 rings (SSSR count). The zero-order valence-corrected chi connectivity index (χ0v) is 22.5. The standard InChI is InChI=1S/C33H41NO4/c1-2-3-19-34-30-20-29(35)21-33(34,25-36-22-26-13-7-4-8-14-26)32(38-24-28-17-11-6-12-18-28)31(30)37-23-27-15-9-5-10-16-27/h4-18,29-32,35H,2-3,19-25H2,1H3/t29-,30+,31+,32-,33+/m1/s1. The van der Waals surface area contributed by atoms with Gasteiger partial charge in [-0.25, -0.2) is 0 Å². The molecule has 0 amide bonds. The third-order valence-corrected chi connectivity index (χ3v) is 8.06. The molecule has 2 aliphatic heterocycles. The molecule has 2 saturated heterocycles. The second kappa shape index (κ2) is 13.0. The maximum Gasteiger partial charge on any atom is 0.106 e. The van der Waals surface area contributed by atoms with E-state index < -0.39 is 11.6 Å². The summed E-state index contributed by atoms with van der Waals surface area (Å²) in [6.45, 7) is 5.22. The summed E-state index contributed by atoms with van der Waals surface area (Å²) in [6.07, 6.45) is 2.71. The van der Waals surface area contributed by atoms with Crippen molar-refractivity contribution in [1.82, 2.24) is 4.90 Å². The average Bonchev–Trinajstić information content (AvgIpc) is 3.10. The van der Waals surface area contributed by atoms with E-state index in [9.17, 15) is 5.11 Å². The van der Waals surface area contributed by atoms with Gasteiger partial charge in [0.1, 0.15) is 12.2 Å². The minimum absolute atomic E-state index is 0.0788. The molecule has 5 heteroatoms. The summed E-state index contributed by atoms with van der Waals surface area (Å²) in [6, 6.07) is 31.0. The molecule has 3 aromatic rings. The van der Waals surface area contributed by atoms with Gasteiger partial charge in [-0.05, 0) is 42.5 Å². The quantitative estimate of drug-likeness (QED) is 0.314. The van der Waals surface area contributed by atoms with E-state index in [1.54, 1.807) is 0 Å². The highest BCUT2D eigenvalue weighted by Crippen LogP contribution is 2.48. The third-order valence-electron chi connectivity index (χ3n) is 8.06. The van der Waals surface area contributed by atoms with E-state index in [0.717, 1.165) is 36.1 Å².